The molecule has 0 radical (unpaired) electrons. The number of benzene rings is 2. The Balaban J connectivity index is 2.08. The van der Waals surface area contributed by atoms with E-state index >= 15 is 0 Å². The van der Waals surface area contributed by atoms with Crippen LogP contribution in [0.25, 0.3) is 6.08 Å². The van der Waals surface area contributed by atoms with Crippen molar-refractivity contribution in [2.45, 2.75) is 6.92 Å². The summed E-state index contributed by atoms with van der Waals surface area (Å²) >= 11 is 3.38. The van der Waals surface area contributed by atoms with Gasteiger partial charge < -0.3 is 10.1 Å². The first kappa shape index (κ1) is 15.3. The fraction of sp³-hybridized carbons (Fsp3) is 0.118. The molecule has 0 aliphatic rings. The molecule has 0 bridgehead atoms. The molecular weight excluding hydrogens is 330 g/mol. The lowest BCUT2D eigenvalue weighted by atomic mass is 10.2. The highest BCUT2D eigenvalue weighted by Gasteiger charge is 2.05. The minimum atomic E-state index is -0.193. The van der Waals surface area contributed by atoms with Crippen molar-refractivity contribution in [3.63, 3.8) is 0 Å². The van der Waals surface area contributed by atoms with Crippen molar-refractivity contribution >= 4 is 33.6 Å². The molecule has 0 saturated carbocycles. The third-order valence-electron chi connectivity index (χ3n) is 2.91. The SMILES string of the molecule is COc1ccc(C)cc1NC(=O)C=Cc1ccc(Br)cc1. The Morgan fingerprint density at radius 1 is 1.19 bits per heavy atom. The molecule has 0 aromatic heterocycles. The van der Waals surface area contributed by atoms with E-state index in [0.29, 0.717) is 11.4 Å². The van der Waals surface area contributed by atoms with Crippen molar-refractivity contribution in [1.29, 1.82) is 0 Å². The van der Waals surface area contributed by atoms with Crippen LogP contribution in [-0.4, -0.2) is 13.0 Å². The van der Waals surface area contributed by atoms with Gasteiger partial charge in [-0.1, -0.05) is 34.1 Å². The van der Waals surface area contributed by atoms with Gasteiger partial charge >= 0.3 is 0 Å². The molecule has 2 aromatic rings. The number of rotatable bonds is 4. The lowest BCUT2D eigenvalue weighted by molar-refractivity contribution is -0.111. The van der Waals surface area contributed by atoms with E-state index in [1.54, 1.807) is 13.2 Å². The maximum Gasteiger partial charge on any atom is 0.248 e. The van der Waals surface area contributed by atoms with Gasteiger partial charge in [0.25, 0.3) is 0 Å². The average Bonchev–Trinajstić information content (AvgIpc) is 2.47. The van der Waals surface area contributed by atoms with Gasteiger partial charge in [-0.15, -0.1) is 0 Å². The predicted molar refractivity (Wildman–Crippen MR) is 89.5 cm³/mol. The highest BCUT2D eigenvalue weighted by atomic mass is 79.9. The van der Waals surface area contributed by atoms with Gasteiger partial charge in [0.2, 0.25) is 5.91 Å². The molecule has 0 saturated heterocycles. The van der Waals surface area contributed by atoms with Crippen LogP contribution in [0.3, 0.4) is 0 Å². The quantitative estimate of drug-likeness (QED) is 0.833. The summed E-state index contributed by atoms with van der Waals surface area (Å²) in [6.45, 7) is 1.97. The number of carbonyl (C=O) groups excluding carboxylic acids is 1. The van der Waals surface area contributed by atoms with E-state index in [-0.39, 0.29) is 5.91 Å². The normalized spacial score (nSPS) is 10.6. The third-order valence-corrected chi connectivity index (χ3v) is 3.44. The molecule has 0 heterocycles. The molecule has 0 aliphatic heterocycles. The topological polar surface area (TPSA) is 38.3 Å². The zero-order valence-electron chi connectivity index (χ0n) is 11.9. The van der Waals surface area contributed by atoms with E-state index in [4.69, 9.17) is 4.74 Å². The van der Waals surface area contributed by atoms with Crippen molar-refractivity contribution in [3.05, 3.63) is 64.1 Å². The lowest BCUT2D eigenvalue weighted by Gasteiger charge is -2.09. The summed E-state index contributed by atoms with van der Waals surface area (Å²) in [5.41, 5.74) is 2.69. The number of halogens is 1. The zero-order valence-corrected chi connectivity index (χ0v) is 13.5. The average molecular weight is 346 g/mol. The zero-order chi connectivity index (χ0) is 15.2. The molecule has 1 amide bonds. The highest BCUT2D eigenvalue weighted by molar-refractivity contribution is 9.10. The Morgan fingerprint density at radius 3 is 2.57 bits per heavy atom. The fourth-order valence-electron chi connectivity index (χ4n) is 1.84. The van der Waals surface area contributed by atoms with Crippen molar-refractivity contribution in [3.8, 4) is 5.75 Å². The molecule has 3 nitrogen and oxygen atoms in total. The van der Waals surface area contributed by atoms with Crippen LogP contribution in [0.5, 0.6) is 5.75 Å². The smallest absolute Gasteiger partial charge is 0.248 e. The number of ether oxygens (including phenoxy) is 1. The number of aryl methyl sites for hydroxylation is 1. The molecule has 0 spiro atoms. The number of anilines is 1. The Kier molecular flexibility index (Phi) is 5.17. The van der Waals surface area contributed by atoms with Gasteiger partial charge in [-0.2, -0.15) is 0 Å². The number of nitrogens with one attached hydrogen (secondary N) is 1. The molecule has 2 rings (SSSR count). The summed E-state index contributed by atoms with van der Waals surface area (Å²) in [4.78, 5) is 12.0. The minimum Gasteiger partial charge on any atom is -0.495 e. The van der Waals surface area contributed by atoms with Crippen molar-refractivity contribution in [2.24, 2.45) is 0 Å². The Morgan fingerprint density at radius 2 is 1.90 bits per heavy atom. The lowest BCUT2D eigenvalue weighted by Crippen LogP contribution is -2.09. The summed E-state index contributed by atoms with van der Waals surface area (Å²) in [6, 6.07) is 13.4. The van der Waals surface area contributed by atoms with Gasteiger partial charge in [-0.3, -0.25) is 4.79 Å². The van der Waals surface area contributed by atoms with Crippen LogP contribution < -0.4 is 10.1 Å². The number of carbonyl (C=O) groups is 1. The van der Waals surface area contributed by atoms with Crippen molar-refractivity contribution < 1.29 is 9.53 Å². The van der Waals surface area contributed by atoms with E-state index in [2.05, 4.69) is 21.2 Å². The second kappa shape index (κ2) is 7.09. The van der Waals surface area contributed by atoms with Crippen LogP contribution in [0.2, 0.25) is 0 Å². The first-order valence-corrected chi connectivity index (χ1v) is 7.27. The second-order valence-corrected chi connectivity index (χ2v) is 5.49. The molecule has 21 heavy (non-hydrogen) atoms. The fourth-order valence-corrected chi connectivity index (χ4v) is 2.10. The van der Waals surface area contributed by atoms with Crippen LogP contribution in [0.4, 0.5) is 5.69 Å². The van der Waals surface area contributed by atoms with E-state index in [0.717, 1.165) is 15.6 Å². The van der Waals surface area contributed by atoms with Gasteiger partial charge in [0.15, 0.2) is 0 Å². The molecule has 108 valence electrons. The molecule has 0 fully saturated rings. The maximum atomic E-state index is 12.0. The van der Waals surface area contributed by atoms with Gasteiger partial charge in [0.05, 0.1) is 12.8 Å². The number of hydrogen-bond acceptors (Lipinski definition) is 2. The largest absolute Gasteiger partial charge is 0.495 e. The monoisotopic (exact) mass is 345 g/mol. The summed E-state index contributed by atoms with van der Waals surface area (Å²) in [5, 5.41) is 2.82. The van der Waals surface area contributed by atoms with E-state index < -0.39 is 0 Å². The Bertz CT molecular complexity index is 663. The van der Waals surface area contributed by atoms with E-state index in [1.165, 1.54) is 6.08 Å². The molecule has 0 atom stereocenters. The van der Waals surface area contributed by atoms with Gasteiger partial charge in [-0.25, -0.2) is 0 Å². The van der Waals surface area contributed by atoms with Gasteiger partial charge in [-0.05, 0) is 48.4 Å². The molecule has 0 unspecified atom stereocenters. The van der Waals surface area contributed by atoms with Crippen LogP contribution in [0, 0.1) is 6.92 Å². The predicted octanol–water partition coefficient (Wildman–Crippen LogP) is 4.42. The van der Waals surface area contributed by atoms with Crippen LogP contribution in [0.15, 0.2) is 53.0 Å². The Labute approximate surface area is 132 Å². The summed E-state index contributed by atoms with van der Waals surface area (Å²) in [6.07, 6.45) is 3.27. The maximum absolute atomic E-state index is 12.0. The molecule has 0 aliphatic carbocycles. The first-order valence-electron chi connectivity index (χ1n) is 6.48. The number of hydrogen-bond donors (Lipinski definition) is 1. The van der Waals surface area contributed by atoms with Crippen LogP contribution >= 0.6 is 15.9 Å². The first-order chi connectivity index (χ1) is 10.1. The van der Waals surface area contributed by atoms with E-state index in [1.807, 2.05) is 49.4 Å². The van der Waals surface area contributed by atoms with Crippen LogP contribution in [0.1, 0.15) is 11.1 Å². The van der Waals surface area contributed by atoms with Crippen LogP contribution in [-0.2, 0) is 4.79 Å². The number of amides is 1. The van der Waals surface area contributed by atoms with Gasteiger partial charge in [0, 0.05) is 10.5 Å². The highest BCUT2D eigenvalue weighted by Crippen LogP contribution is 2.25. The summed E-state index contributed by atoms with van der Waals surface area (Å²) in [5.74, 6) is 0.452. The molecule has 4 heteroatoms. The van der Waals surface area contributed by atoms with Gasteiger partial charge in [0.1, 0.15) is 5.75 Å². The molecular formula is C17H16BrNO2. The molecule has 1 N–H and O–H groups in total. The number of methoxy groups -OCH3 is 1. The third kappa shape index (κ3) is 4.46. The minimum absolute atomic E-state index is 0.193. The van der Waals surface area contributed by atoms with E-state index in [9.17, 15) is 4.79 Å². The summed E-state index contributed by atoms with van der Waals surface area (Å²) in [7, 11) is 1.58. The Hall–Kier alpha value is -2.07. The standard InChI is InChI=1S/C17H16BrNO2/c1-12-3-9-16(21-2)15(11-12)19-17(20)10-6-13-4-7-14(18)8-5-13/h3-11H,1-2H3,(H,19,20). The summed E-state index contributed by atoms with van der Waals surface area (Å²) < 4.78 is 6.24. The second-order valence-electron chi connectivity index (χ2n) is 4.58. The van der Waals surface area contributed by atoms with Crippen molar-refractivity contribution in [1.82, 2.24) is 0 Å². The van der Waals surface area contributed by atoms with Crippen molar-refractivity contribution in [2.75, 3.05) is 12.4 Å². The molecule has 2 aromatic carbocycles.